The highest BCUT2D eigenvalue weighted by molar-refractivity contribution is 5.73. The zero-order chi connectivity index (χ0) is 17.8. The summed E-state index contributed by atoms with van der Waals surface area (Å²) in [5, 5.41) is 16.9. The third-order valence-corrected chi connectivity index (χ3v) is 3.71. The Morgan fingerprint density at radius 1 is 1.28 bits per heavy atom. The van der Waals surface area contributed by atoms with Gasteiger partial charge in [-0.25, -0.2) is 18.7 Å². The van der Waals surface area contributed by atoms with Crippen LogP contribution in [0.1, 0.15) is 12.8 Å². The molecule has 25 heavy (non-hydrogen) atoms. The Kier molecular flexibility index (Phi) is 4.98. The van der Waals surface area contributed by atoms with Crippen LogP contribution in [0.2, 0.25) is 0 Å². The first-order chi connectivity index (χ1) is 12.0. The lowest BCUT2D eigenvalue weighted by Gasteiger charge is -2.13. The second kappa shape index (κ2) is 7.34. The van der Waals surface area contributed by atoms with Gasteiger partial charge in [-0.2, -0.15) is 0 Å². The van der Waals surface area contributed by atoms with Gasteiger partial charge in [0.2, 0.25) is 11.6 Å². The van der Waals surface area contributed by atoms with Crippen molar-refractivity contribution in [3.05, 3.63) is 46.3 Å². The number of aromatic nitrogens is 2. The maximum atomic E-state index is 13.3. The largest absolute Gasteiger partial charge is 0.376 e. The number of nitro groups is 1. The number of hydrogen-bond donors (Lipinski definition) is 2. The summed E-state index contributed by atoms with van der Waals surface area (Å²) < 4.78 is 31.8. The molecule has 1 aliphatic heterocycles. The van der Waals surface area contributed by atoms with E-state index in [9.17, 15) is 18.9 Å². The van der Waals surface area contributed by atoms with E-state index < -0.39 is 16.6 Å². The molecule has 132 valence electrons. The third kappa shape index (κ3) is 3.97. The summed E-state index contributed by atoms with van der Waals surface area (Å²) in [7, 11) is 0. The number of halogens is 2. The van der Waals surface area contributed by atoms with Crippen LogP contribution in [-0.4, -0.2) is 34.1 Å². The minimum Gasteiger partial charge on any atom is -0.376 e. The summed E-state index contributed by atoms with van der Waals surface area (Å²) in [6.07, 6.45) is 2.93. The second-order valence-corrected chi connectivity index (χ2v) is 5.45. The van der Waals surface area contributed by atoms with Crippen LogP contribution in [0.15, 0.2) is 24.5 Å². The lowest BCUT2D eigenvalue weighted by atomic mass is 10.2. The fourth-order valence-electron chi connectivity index (χ4n) is 2.50. The maximum absolute atomic E-state index is 13.3. The summed E-state index contributed by atoms with van der Waals surface area (Å²) in [4.78, 5) is 18.5. The molecule has 0 bridgehead atoms. The molecular weight excluding hydrogens is 336 g/mol. The van der Waals surface area contributed by atoms with E-state index in [1.54, 1.807) is 0 Å². The van der Waals surface area contributed by atoms with Crippen molar-refractivity contribution < 1.29 is 18.4 Å². The van der Waals surface area contributed by atoms with Crippen LogP contribution in [0.3, 0.4) is 0 Å². The Morgan fingerprint density at radius 3 is 2.76 bits per heavy atom. The Balaban J connectivity index is 1.83. The molecule has 1 aliphatic rings. The van der Waals surface area contributed by atoms with Gasteiger partial charge in [-0.3, -0.25) is 10.1 Å². The van der Waals surface area contributed by atoms with Gasteiger partial charge >= 0.3 is 5.69 Å². The quantitative estimate of drug-likeness (QED) is 0.609. The van der Waals surface area contributed by atoms with Crippen LogP contribution in [0.5, 0.6) is 0 Å². The molecule has 2 N–H and O–H groups in total. The fraction of sp³-hybridized carbons (Fsp3) is 0.333. The van der Waals surface area contributed by atoms with Crippen LogP contribution in [0.25, 0.3) is 0 Å². The van der Waals surface area contributed by atoms with E-state index >= 15 is 0 Å². The van der Waals surface area contributed by atoms with E-state index in [2.05, 4.69) is 20.6 Å². The van der Waals surface area contributed by atoms with Gasteiger partial charge in [0.05, 0.1) is 11.0 Å². The molecular formula is C15H15F2N5O3. The lowest BCUT2D eigenvalue weighted by molar-refractivity contribution is -0.383. The average Bonchev–Trinajstić information content (AvgIpc) is 3.09. The van der Waals surface area contributed by atoms with Crippen molar-refractivity contribution in [2.75, 3.05) is 23.8 Å². The number of ether oxygens (including phenoxy) is 1. The molecule has 1 fully saturated rings. The molecule has 10 heteroatoms. The van der Waals surface area contributed by atoms with Crippen molar-refractivity contribution in [3.63, 3.8) is 0 Å². The number of anilines is 3. The Labute approximate surface area is 141 Å². The molecule has 1 saturated heterocycles. The molecule has 1 unspecified atom stereocenters. The number of benzene rings is 1. The van der Waals surface area contributed by atoms with Gasteiger partial charge in [-0.05, 0) is 25.0 Å². The molecule has 0 spiro atoms. The number of rotatable bonds is 6. The summed E-state index contributed by atoms with van der Waals surface area (Å²) in [5.41, 5.74) is -0.254. The van der Waals surface area contributed by atoms with Crippen molar-refractivity contribution in [2.24, 2.45) is 0 Å². The number of nitrogens with zero attached hydrogens (tertiary/aromatic N) is 3. The molecule has 1 atom stereocenters. The Hall–Kier alpha value is -2.88. The maximum Gasteiger partial charge on any atom is 0.353 e. The fourth-order valence-corrected chi connectivity index (χ4v) is 2.50. The van der Waals surface area contributed by atoms with Crippen LogP contribution < -0.4 is 10.6 Å². The topological polar surface area (TPSA) is 102 Å². The summed E-state index contributed by atoms with van der Waals surface area (Å²) in [5.74, 6) is -2.18. The minimum atomic E-state index is -1.07. The first-order valence-electron chi connectivity index (χ1n) is 7.61. The highest BCUT2D eigenvalue weighted by Gasteiger charge is 2.24. The first kappa shape index (κ1) is 17.0. The number of nitrogens with one attached hydrogen (secondary N) is 2. The molecule has 1 aromatic heterocycles. The monoisotopic (exact) mass is 351 g/mol. The molecule has 2 aromatic rings. The van der Waals surface area contributed by atoms with Crippen molar-refractivity contribution in [2.45, 2.75) is 18.9 Å². The van der Waals surface area contributed by atoms with E-state index in [1.807, 2.05) is 0 Å². The average molecular weight is 351 g/mol. The van der Waals surface area contributed by atoms with Crippen LogP contribution in [0.4, 0.5) is 31.8 Å². The summed E-state index contributed by atoms with van der Waals surface area (Å²) >= 11 is 0. The van der Waals surface area contributed by atoms with E-state index in [-0.39, 0.29) is 29.1 Å². The van der Waals surface area contributed by atoms with Crippen molar-refractivity contribution in [1.82, 2.24) is 9.97 Å². The van der Waals surface area contributed by atoms with Gasteiger partial charge in [0.15, 0.2) is 11.6 Å². The second-order valence-electron chi connectivity index (χ2n) is 5.45. The van der Waals surface area contributed by atoms with Gasteiger partial charge < -0.3 is 15.4 Å². The third-order valence-electron chi connectivity index (χ3n) is 3.71. The van der Waals surface area contributed by atoms with Crippen molar-refractivity contribution in [1.29, 1.82) is 0 Å². The number of hydrogen-bond acceptors (Lipinski definition) is 7. The molecule has 2 heterocycles. The van der Waals surface area contributed by atoms with Crippen LogP contribution in [-0.2, 0) is 4.74 Å². The zero-order valence-electron chi connectivity index (χ0n) is 13.0. The van der Waals surface area contributed by atoms with Gasteiger partial charge in [0.1, 0.15) is 6.33 Å². The van der Waals surface area contributed by atoms with Crippen LogP contribution >= 0.6 is 0 Å². The van der Waals surface area contributed by atoms with E-state index in [0.717, 1.165) is 31.3 Å². The summed E-state index contributed by atoms with van der Waals surface area (Å²) in [6, 6.07) is 3.06. The SMILES string of the molecule is O=[N+]([O-])c1c(NCC2CCCO2)ncnc1Nc1ccc(F)c(F)c1. The van der Waals surface area contributed by atoms with Gasteiger partial charge in [-0.1, -0.05) is 0 Å². The molecule has 3 rings (SSSR count). The van der Waals surface area contributed by atoms with Crippen molar-refractivity contribution in [3.8, 4) is 0 Å². The Bertz CT molecular complexity index is 784. The summed E-state index contributed by atoms with van der Waals surface area (Å²) in [6.45, 7) is 1.05. The molecule has 0 aliphatic carbocycles. The standard InChI is InChI=1S/C15H15F2N5O3/c16-11-4-3-9(6-12(11)17)21-15-13(22(23)24)14(19-8-20-15)18-7-10-2-1-5-25-10/h3-4,6,8,10H,1-2,5,7H2,(H2,18,19,20,21). The predicted octanol–water partition coefficient (Wildman–Crippen LogP) is 3.00. The highest BCUT2D eigenvalue weighted by atomic mass is 19.2. The van der Waals surface area contributed by atoms with Gasteiger partial charge in [0, 0.05) is 24.9 Å². The van der Waals surface area contributed by atoms with E-state index in [0.29, 0.717) is 13.2 Å². The Morgan fingerprint density at radius 2 is 2.08 bits per heavy atom. The molecule has 8 nitrogen and oxygen atoms in total. The van der Waals surface area contributed by atoms with Crippen LogP contribution in [0, 0.1) is 21.7 Å². The van der Waals surface area contributed by atoms with Crippen molar-refractivity contribution >= 4 is 23.0 Å². The molecule has 0 radical (unpaired) electrons. The molecule has 1 aromatic carbocycles. The first-order valence-corrected chi connectivity index (χ1v) is 7.61. The van der Waals surface area contributed by atoms with E-state index in [4.69, 9.17) is 4.74 Å². The minimum absolute atomic E-state index is 0.0283. The van der Waals surface area contributed by atoms with Gasteiger partial charge in [-0.15, -0.1) is 0 Å². The normalized spacial score (nSPS) is 16.6. The predicted molar refractivity (Wildman–Crippen MR) is 85.8 cm³/mol. The smallest absolute Gasteiger partial charge is 0.353 e. The highest BCUT2D eigenvalue weighted by Crippen LogP contribution is 2.31. The molecule has 0 amide bonds. The van der Waals surface area contributed by atoms with E-state index in [1.165, 1.54) is 6.07 Å². The van der Waals surface area contributed by atoms with Gasteiger partial charge in [0.25, 0.3) is 0 Å². The lowest BCUT2D eigenvalue weighted by Crippen LogP contribution is -2.20. The molecule has 0 saturated carbocycles. The zero-order valence-corrected chi connectivity index (χ0v) is 13.0.